The van der Waals surface area contributed by atoms with E-state index in [0.717, 1.165) is 0 Å². The standard InChI is InChI=1S/C20H21NO7/c1-27-18-11-12(3-7-16(18)23)5-8-19(25)21-14(20(26)28-2)9-13-4-6-15(22)17(24)10-13/h3-8,10-11,14,22-24H,9H2,1-2H3,(H,21,25)/b8-5+/t14-/m1/s1. The van der Waals surface area contributed by atoms with Crippen LogP contribution >= 0.6 is 0 Å². The average molecular weight is 387 g/mol. The second-order valence-corrected chi connectivity index (χ2v) is 5.88. The summed E-state index contributed by atoms with van der Waals surface area (Å²) in [5.41, 5.74) is 1.14. The van der Waals surface area contributed by atoms with Crippen molar-refractivity contribution in [3.05, 3.63) is 53.6 Å². The van der Waals surface area contributed by atoms with Gasteiger partial charge in [-0.25, -0.2) is 4.79 Å². The van der Waals surface area contributed by atoms with Crippen LogP contribution in [0.1, 0.15) is 11.1 Å². The summed E-state index contributed by atoms with van der Waals surface area (Å²) >= 11 is 0. The molecule has 8 nitrogen and oxygen atoms in total. The smallest absolute Gasteiger partial charge is 0.328 e. The van der Waals surface area contributed by atoms with Crippen molar-refractivity contribution in [2.75, 3.05) is 14.2 Å². The summed E-state index contributed by atoms with van der Waals surface area (Å²) in [6.07, 6.45) is 2.79. The van der Waals surface area contributed by atoms with Crippen LogP contribution in [0.15, 0.2) is 42.5 Å². The van der Waals surface area contributed by atoms with Gasteiger partial charge in [-0.05, 0) is 41.5 Å². The van der Waals surface area contributed by atoms with Crippen molar-refractivity contribution in [2.45, 2.75) is 12.5 Å². The lowest BCUT2D eigenvalue weighted by Crippen LogP contribution is -2.42. The zero-order valence-electron chi connectivity index (χ0n) is 15.4. The maximum absolute atomic E-state index is 12.2. The van der Waals surface area contributed by atoms with Gasteiger partial charge in [0.1, 0.15) is 6.04 Å². The Bertz CT molecular complexity index is 892. The molecule has 0 radical (unpaired) electrons. The van der Waals surface area contributed by atoms with Gasteiger partial charge >= 0.3 is 5.97 Å². The molecule has 2 rings (SSSR count). The molecule has 28 heavy (non-hydrogen) atoms. The van der Waals surface area contributed by atoms with Gasteiger partial charge in [0.25, 0.3) is 0 Å². The number of amides is 1. The molecule has 0 unspecified atom stereocenters. The van der Waals surface area contributed by atoms with Crippen molar-refractivity contribution >= 4 is 18.0 Å². The van der Waals surface area contributed by atoms with E-state index in [9.17, 15) is 24.9 Å². The maximum atomic E-state index is 12.2. The number of phenols is 3. The third-order valence-corrected chi connectivity index (χ3v) is 3.91. The number of methoxy groups -OCH3 is 2. The topological polar surface area (TPSA) is 125 Å². The first-order valence-corrected chi connectivity index (χ1v) is 8.28. The highest BCUT2D eigenvalue weighted by atomic mass is 16.5. The van der Waals surface area contributed by atoms with Crippen molar-refractivity contribution in [3.63, 3.8) is 0 Å². The highest BCUT2D eigenvalue weighted by Gasteiger charge is 2.21. The fraction of sp³-hybridized carbons (Fsp3) is 0.200. The van der Waals surface area contributed by atoms with Crippen LogP contribution in [-0.4, -0.2) is 47.5 Å². The van der Waals surface area contributed by atoms with Crippen LogP contribution < -0.4 is 10.1 Å². The minimum atomic E-state index is -0.986. The Hall–Kier alpha value is -3.68. The molecule has 0 spiro atoms. The lowest BCUT2D eigenvalue weighted by molar-refractivity contribution is -0.144. The number of ether oxygens (including phenoxy) is 2. The molecule has 4 N–H and O–H groups in total. The first kappa shape index (κ1) is 20.6. The number of nitrogens with one attached hydrogen (secondary N) is 1. The molecule has 0 aromatic heterocycles. The van der Waals surface area contributed by atoms with Gasteiger partial charge in [0.05, 0.1) is 14.2 Å². The van der Waals surface area contributed by atoms with E-state index in [1.807, 2.05) is 0 Å². The van der Waals surface area contributed by atoms with Crippen LogP contribution in [-0.2, 0) is 20.7 Å². The van der Waals surface area contributed by atoms with Crippen LogP contribution in [0.4, 0.5) is 0 Å². The molecule has 0 aliphatic carbocycles. The lowest BCUT2D eigenvalue weighted by atomic mass is 10.1. The van der Waals surface area contributed by atoms with Crippen LogP contribution in [0.2, 0.25) is 0 Å². The van der Waals surface area contributed by atoms with Crippen molar-refractivity contribution in [3.8, 4) is 23.0 Å². The van der Waals surface area contributed by atoms with Crippen LogP contribution in [0.5, 0.6) is 23.0 Å². The summed E-state index contributed by atoms with van der Waals surface area (Å²) in [5.74, 6) is -1.55. The Morgan fingerprint density at radius 1 is 1.04 bits per heavy atom. The number of hydrogen-bond donors (Lipinski definition) is 4. The Labute approximate surface area is 161 Å². The molecular weight excluding hydrogens is 366 g/mol. The largest absolute Gasteiger partial charge is 0.504 e. The van der Waals surface area contributed by atoms with Crippen molar-refractivity contribution < 1.29 is 34.4 Å². The number of esters is 1. The predicted octanol–water partition coefficient (Wildman–Crippen LogP) is 1.73. The van der Waals surface area contributed by atoms with Gasteiger partial charge in [-0.1, -0.05) is 12.1 Å². The molecule has 1 amide bonds. The summed E-state index contributed by atoms with van der Waals surface area (Å²) in [5, 5.41) is 31.1. The van der Waals surface area contributed by atoms with E-state index in [-0.39, 0.29) is 29.4 Å². The zero-order valence-corrected chi connectivity index (χ0v) is 15.4. The van der Waals surface area contributed by atoms with E-state index < -0.39 is 17.9 Å². The fourth-order valence-corrected chi connectivity index (χ4v) is 2.46. The highest BCUT2D eigenvalue weighted by molar-refractivity contribution is 5.94. The number of benzene rings is 2. The van der Waals surface area contributed by atoms with Gasteiger partial charge in [0.15, 0.2) is 23.0 Å². The monoisotopic (exact) mass is 387 g/mol. The number of carbonyl (C=O) groups is 2. The minimum absolute atomic E-state index is 0.0213. The van der Waals surface area contributed by atoms with E-state index in [0.29, 0.717) is 11.1 Å². The van der Waals surface area contributed by atoms with Crippen molar-refractivity contribution in [1.29, 1.82) is 0 Å². The predicted molar refractivity (Wildman–Crippen MR) is 101 cm³/mol. The Balaban J connectivity index is 2.09. The number of aromatic hydroxyl groups is 3. The van der Waals surface area contributed by atoms with Crippen LogP contribution in [0, 0.1) is 0 Å². The quantitative estimate of drug-likeness (QED) is 0.324. The highest BCUT2D eigenvalue weighted by Crippen LogP contribution is 2.27. The third-order valence-electron chi connectivity index (χ3n) is 3.91. The summed E-state index contributed by atoms with van der Waals surface area (Å²) in [7, 11) is 2.62. The number of hydrogen-bond acceptors (Lipinski definition) is 7. The van der Waals surface area contributed by atoms with E-state index in [1.54, 1.807) is 12.1 Å². The maximum Gasteiger partial charge on any atom is 0.328 e. The molecule has 0 aliphatic rings. The number of rotatable bonds is 7. The van der Waals surface area contributed by atoms with Gasteiger partial charge in [-0.15, -0.1) is 0 Å². The summed E-state index contributed by atoms with van der Waals surface area (Å²) in [6.45, 7) is 0. The van der Waals surface area contributed by atoms with Gasteiger partial charge in [0, 0.05) is 12.5 Å². The van der Waals surface area contributed by atoms with Gasteiger partial charge < -0.3 is 30.1 Å². The second-order valence-electron chi connectivity index (χ2n) is 5.88. The molecule has 2 aromatic carbocycles. The fourth-order valence-electron chi connectivity index (χ4n) is 2.46. The molecule has 0 saturated carbocycles. The van der Waals surface area contributed by atoms with E-state index in [1.165, 1.54) is 50.6 Å². The van der Waals surface area contributed by atoms with E-state index in [4.69, 9.17) is 9.47 Å². The SMILES string of the molecule is COC(=O)[C@@H](Cc1ccc(O)c(O)c1)NC(=O)/C=C/c1ccc(O)c(OC)c1. The van der Waals surface area contributed by atoms with Crippen LogP contribution in [0.3, 0.4) is 0 Å². The summed E-state index contributed by atoms with van der Waals surface area (Å²) in [6, 6.07) is 7.71. The van der Waals surface area contributed by atoms with E-state index in [2.05, 4.69) is 5.32 Å². The van der Waals surface area contributed by atoms with Gasteiger partial charge in [-0.2, -0.15) is 0 Å². The van der Waals surface area contributed by atoms with Crippen molar-refractivity contribution in [1.82, 2.24) is 5.32 Å². The van der Waals surface area contributed by atoms with E-state index >= 15 is 0 Å². The summed E-state index contributed by atoms with van der Waals surface area (Å²) in [4.78, 5) is 24.2. The van der Waals surface area contributed by atoms with Gasteiger partial charge in [0.2, 0.25) is 5.91 Å². The number of carbonyl (C=O) groups excluding carboxylic acids is 2. The third kappa shape index (κ3) is 5.41. The molecule has 2 aromatic rings. The Kier molecular flexibility index (Phi) is 6.86. The lowest BCUT2D eigenvalue weighted by Gasteiger charge is -2.16. The average Bonchev–Trinajstić information content (AvgIpc) is 2.69. The van der Waals surface area contributed by atoms with Crippen molar-refractivity contribution in [2.24, 2.45) is 0 Å². The number of phenolic OH excluding ortho intramolecular Hbond substituents is 3. The molecule has 1 atom stereocenters. The molecule has 0 bridgehead atoms. The van der Waals surface area contributed by atoms with Gasteiger partial charge in [-0.3, -0.25) is 4.79 Å². The normalized spacial score (nSPS) is 11.8. The molecule has 0 heterocycles. The Morgan fingerprint density at radius 2 is 1.75 bits per heavy atom. The molecule has 8 heteroatoms. The molecule has 0 aliphatic heterocycles. The second kappa shape index (κ2) is 9.31. The minimum Gasteiger partial charge on any atom is -0.504 e. The molecule has 148 valence electrons. The first-order chi connectivity index (χ1) is 13.3. The molecule has 0 fully saturated rings. The molecule has 0 saturated heterocycles. The van der Waals surface area contributed by atoms with Crippen LogP contribution in [0.25, 0.3) is 6.08 Å². The zero-order chi connectivity index (χ0) is 20.7. The summed E-state index contributed by atoms with van der Waals surface area (Å²) < 4.78 is 9.72. The molecular formula is C20H21NO7. The first-order valence-electron chi connectivity index (χ1n) is 8.28. The Morgan fingerprint density at radius 3 is 2.39 bits per heavy atom.